The Kier molecular flexibility index (Phi) is 15.7. The van der Waals surface area contributed by atoms with E-state index in [4.69, 9.17) is 34.6 Å². The van der Waals surface area contributed by atoms with Crippen molar-refractivity contribution in [1.29, 1.82) is 0 Å². The Labute approximate surface area is 91.2 Å². The van der Waals surface area contributed by atoms with Crippen LogP contribution in [0.5, 0.6) is 0 Å². The maximum Gasteiger partial charge on any atom is 1.00 e. The fourth-order valence-electron chi connectivity index (χ4n) is 0.0577. The quantitative estimate of drug-likeness (QED) is 0.226. The van der Waals surface area contributed by atoms with E-state index in [0.717, 1.165) is 0 Å². The van der Waals surface area contributed by atoms with Crippen LogP contribution in [-0.2, 0) is 4.57 Å². The van der Waals surface area contributed by atoms with Gasteiger partial charge in [-0.25, -0.2) is 0 Å². The zero-order chi connectivity index (χ0) is 9.49. The molecular weight excluding hydrogens is 202 g/mol. The van der Waals surface area contributed by atoms with Crippen molar-refractivity contribution in [3.63, 3.8) is 0 Å². The van der Waals surface area contributed by atoms with Crippen molar-refractivity contribution < 1.29 is 64.1 Å². The summed E-state index contributed by atoms with van der Waals surface area (Å²) < 4.78 is 8.77. The van der Waals surface area contributed by atoms with Gasteiger partial charge >= 0.3 is 29.6 Å². The van der Waals surface area contributed by atoms with Crippen LogP contribution < -0.4 is 34.5 Å². The van der Waals surface area contributed by atoms with Gasteiger partial charge in [0.05, 0.1) is 13.2 Å². The van der Waals surface area contributed by atoms with E-state index in [2.05, 4.69) is 0 Å². The van der Waals surface area contributed by atoms with Gasteiger partial charge in [-0.15, -0.1) is 0 Å². The fraction of sp³-hybridized carbons (Fsp3) is 1.00. The Morgan fingerprint density at radius 2 is 1.42 bits per heavy atom. The van der Waals surface area contributed by atoms with Crippen molar-refractivity contribution in [3.8, 4) is 0 Å². The molecule has 0 rings (SSSR count). The summed E-state index contributed by atoms with van der Waals surface area (Å²) >= 11 is 0. The minimum Gasteiger partial charge on any atom is -0.756 e. The molecule has 0 fully saturated rings. The molecule has 12 heavy (non-hydrogen) atoms. The third-order valence-corrected chi connectivity index (χ3v) is 0.421. The smallest absolute Gasteiger partial charge is 0.756 e. The van der Waals surface area contributed by atoms with Gasteiger partial charge in [0.1, 0.15) is 6.10 Å². The van der Waals surface area contributed by atoms with E-state index in [1.54, 1.807) is 0 Å². The van der Waals surface area contributed by atoms with E-state index in [-0.39, 0.29) is 42.8 Å². The van der Waals surface area contributed by atoms with Crippen LogP contribution in [0.3, 0.4) is 0 Å². The summed E-state index contributed by atoms with van der Waals surface area (Å²) in [6, 6.07) is 0. The van der Waals surface area contributed by atoms with Crippen LogP contribution in [0.25, 0.3) is 0 Å². The third-order valence-electron chi connectivity index (χ3n) is 0.421. The Hall–Kier alpha value is 0.990. The number of hydrogen-bond acceptors (Lipinski definition) is 5. The molecule has 9 heteroatoms. The van der Waals surface area contributed by atoms with Crippen LogP contribution in [0.1, 0.15) is 0 Å². The van der Waals surface area contributed by atoms with Gasteiger partial charge in [0.25, 0.3) is 7.82 Å². The summed E-state index contributed by atoms with van der Waals surface area (Å²) in [7, 11) is -4.89. The molecule has 0 atom stereocenters. The molecule has 0 amide bonds. The first-order valence-electron chi connectivity index (χ1n) is 2.47. The molecule has 5 N–H and O–H groups in total. The van der Waals surface area contributed by atoms with Crippen molar-refractivity contribution in [2.24, 2.45) is 0 Å². The van der Waals surface area contributed by atoms with Gasteiger partial charge in [-0.1, -0.05) is 0 Å². The van der Waals surface area contributed by atoms with E-state index in [1.807, 2.05) is 0 Å². The van der Waals surface area contributed by atoms with Crippen LogP contribution in [0.4, 0.5) is 0 Å². The standard InChI is InChI=1S/C3H8O3.Na.H3O4P/c4-1-3(6)2-5;;1-5(2,3)4/h3-6H,1-2H2;;(H3,1,2,3,4)/q;+1;/p-1. The molecule has 0 aliphatic rings. The molecule has 0 aromatic carbocycles. The van der Waals surface area contributed by atoms with Crippen LogP contribution >= 0.6 is 7.82 Å². The van der Waals surface area contributed by atoms with Crippen LogP contribution in [0.2, 0.25) is 0 Å². The Balaban J connectivity index is -0.000000126. The Morgan fingerprint density at radius 3 is 1.42 bits per heavy atom. The minimum absolute atomic E-state index is 0. The number of hydrogen-bond donors (Lipinski definition) is 5. The average molecular weight is 212 g/mol. The van der Waals surface area contributed by atoms with Gasteiger partial charge in [-0.2, -0.15) is 0 Å². The van der Waals surface area contributed by atoms with Gasteiger partial charge in [-0.3, -0.25) is 4.57 Å². The second-order valence-corrected chi connectivity index (χ2v) is 2.49. The van der Waals surface area contributed by atoms with Gasteiger partial charge in [0.15, 0.2) is 0 Å². The predicted molar refractivity (Wildman–Crippen MR) is 32.2 cm³/mol. The predicted octanol–water partition coefficient (Wildman–Crippen LogP) is -6.22. The number of rotatable bonds is 2. The van der Waals surface area contributed by atoms with Crippen molar-refractivity contribution >= 4 is 7.82 Å². The first-order valence-corrected chi connectivity index (χ1v) is 4.00. The average Bonchev–Trinajstić information content (AvgIpc) is 1.83. The third kappa shape index (κ3) is 44.0. The molecule has 0 saturated heterocycles. The minimum atomic E-state index is -4.89. The summed E-state index contributed by atoms with van der Waals surface area (Å²) in [4.78, 5) is 22.9. The molecule has 0 radical (unpaired) electrons. The van der Waals surface area contributed by atoms with Gasteiger partial charge in [-0.05, 0) is 0 Å². The second kappa shape index (κ2) is 10.1. The zero-order valence-electron chi connectivity index (χ0n) is 6.49. The van der Waals surface area contributed by atoms with Crippen molar-refractivity contribution in [2.75, 3.05) is 13.2 Å². The molecule has 0 saturated carbocycles. The van der Waals surface area contributed by atoms with Gasteiger partial charge in [0.2, 0.25) is 0 Å². The van der Waals surface area contributed by atoms with Gasteiger partial charge < -0.3 is 30.0 Å². The molecule has 0 aromatic rings. The van der Waals surface area contributed by atoms with Crippen LogP contribution in [0, 0.1) is 0 Å². The largest absolute Gasteiger partial charge is 1.00 e. The van der Waals surface area contributed by atoms with E-state index in [0.29, 0.717) is 0 Å². The van der Waals surface area contributed by atoms with E-state index < -0.39 is 13.9 Å². The first kappa shape index (κ1) is 18.7. The maximum atomic E-state index is 8.77. The number of aliphatic hydroxyl groups is 3. The van der Waals surface area contributed by atoms with E-state index >= 15 is 0 Å². The van der Waals surface area contributed by atoms with Crippen LogP contribution in [0.15, 0.2) is 0 Å². The summed E-state index contributed by atoms with van der Waals surface area (Å²) in [6.45, 7) is -0.729. The van der Waals surface area contributed by atoms with Crippen molar-refractivity contribution in [2.45, 2.75) is 6.10 Å². The first-order chi connectivity index (χ1) is 4.81. The monoisotopic (exact) mass is 212 g/mol. The molecule has 0 aliphatic heterocycles. The van der Waals surface area contributed by atoms with Crippen LogP contribution in [-0.4, -0.2) is 44.4 Å². The molecule has 7 nitrogen and oxygen atoms in total. The summed E-state index contributed by atoms with van der Waals surface area (Å²) in [5.74, 6) is 0. The van der Waals surface area contributed by atoms with E-state index in [9.17, 15) is 0 Å². The molecule has 0 aliphatic carbocycles. The zero-order valence-corrected chi connectivity index (χ0v) is 9.39. The number of phosphoric acid groups is 1. The maximum absolute atomic E-state index is 8.77. The molecule has 0 unspecified atom stereocenters. The topological polar surface area (TPSA) is 141 Å². The summed E-state index contributed by atoms with van der Waals surface area (Å²) in [5, 5.41) is 24.0. The molecular formula is C3H10NaO7P. The van der Waals surface area contributed by atoms with Gasteiger partial charge in [0, 0.05) is 0 Å². The van der Waals surface area contributed by atoms with E-state index in [1.165, 1.54) is 0 Å². The summed E-state index contributed by atoms with van der Waals surface area (Å²) in [5.41, 5.74) is 0. The van der Waals surface area contributed by atoms with Crippen molar-refractivity contribution in [3.05, 3.63) is 0 Å². The van der Waals surface area contributed by atoms with Crippen molar-refractivity contribution in [1.82, 2.24) is 0 Å². The normalized spacial score (nSPS) is 9.92. The Bertz CT molecular complexity index is 112. The second-order valence-electron chi connectivity index (χ2n) is 1.51. The molecule has 70 valence electrons. The molecule has 0 bridgehead atoms. The molecule has 0 heterocycles. The SMILES string of the molecule is O=P([O-])(O)O.OCC(O)CO.[Na+]. The molecule has 0 spiro atoms. The summed E-state index contributed by atoms with van der Waals surface area (Å²) in [6.07, 6.45) is -0.954. The fourth-order valence-corrected chi connectivity index (χ4v) is 0.0577. The molecule has 0 aromatic heterocycles. The number of aliphatic hydroxyl groups excluding tert-OH is 3. The Morgan fingerprint density at radius 1 is 1.25 bits per heavy atom.